The zero-order valence-corrected chi connectivity index (χ0v) is 13.7. The molecule has 0 radical (unpaired) electrons. The van der Waals surface area contributed by atoms with Crippen molar-refractivity contribution in [1.82, 2.24) is 5.32 Å². The number of amides is 1. The molecule has 1 aromatic rings. The van der Waals surface area contributed by atoms with E-state index >= 15 is 0 Å². The Balaban J connectivity index is 2.61. The first-order valence-corrected chi connectivity index (χ1v) is 8.26. The second-order valence-electron chi connectivity index (χ2n) is 5.14. The molecule has 3 atom stereocenters. The summed E-state index contributed by atoms with van der Waals surface area (Å²) in [5, 5.41) is 2.99. The van der Waals surface area contributed by atoms with Crippen molar-refractivity contribution < 1.29 is 4.79 Å². The van der Waals surface area contributed by atoms with Crippen molar-refractivity contribution in [1.29, 1.82) is 0 Å². The summed E-state index contributed by atoms with van der Waals surface area (Å²) < 4.78 is 0. The van der Waals surface area contributed by atoms with Gasteiger partial charge in [0.25, 0.3) is 0 Å². The summed E-state index contributed by atoms with van der Waals surface area (Å²) in [6.45, 7) is 8.18. The van der Waals surface area contributed by atoms with Gasteiger partial charge in [-0.3, -0.25) is 4.79 Å². The van der Waals surface area contributed by atoms with Crippen LogP contribution in [-0.2, 0) is 4.79 Å². The Morgan fingerprint density at radius 2 is 1.85 bits per heavy atom. The monoisotopic (exact) mass is 294 g/mol. The van der Waals surface area contributed by atoms with E-state index in [2.05, 4.69) is 36.5 Å². The van der Waals surface area contributed by atoms with Crippen molar-refractivity contribution in [3.05, 3.63) is 29.8 Å². The molecule has 112 valence electrons. The third-order valence-electron chi connectivity index (χ3n) is 3.61. The summed E-state index contributed by atoms with van der Waals surface area (Å²) in [6.07, 6.45) is 0.909. The molecule has 0 aliphatic rings. The van der Waals surface area contributed by atoms with Crippen LogP contribution in [0.15, 0.2) is 29.2 Å². The van der Waals surface area contributed by atoms with Crippen LogP contribution in [0.4, 0.5) is 0 Å². The van der Waals surface area contributed by atoms with Crippen LogP contribution in [0.3, 0.4) is 0 Å². The molecule has 0 aliphatic heterocycles. The van der Waals surface area contributed by atoms with E-state index in [9.17, 15) is 4.79 Å². The molecule has 0 saturated heterocycles. The second kappa shape index (κ2) is 8.32. The van der Waals surface area contributed by atoms with E-state index in [-0.39, 0.29) is 17.9 Å². The van der Waals surface area contributed by atoms with Gasteiger partial charge in [-0.15, -0.1) is 11.8 Å². The summed E-state index contributed by atoms with van der Waals surface area (Å²) in [4.78, 5) is 13.3. The van der Waals surface area contributed by atoms with Gasteiger partial charge in [-0.1, -0.05) is 39.3 Å². The molecule has 1 rings (SSSR count). The van der Waals surface area contributed by atoms with Crippen molar-refractivity contribution >= 4 is 17.7 Å². The summed E-state index contributed by atoms with van der Waals surface area (Å²) in [5.74, 6) is 1.19. The van der Waals surface area contributed by atoms with Gasteiger partial charge in [-0.05, 0) is 36.3 Å². The molecule has 0 bridgehead atoms. The second-order valence-corrected chi connectivity index (χ2v) is 6.48. The van der Waals surface area contributed by atoms with Crippen molar-refractivity contribution in [2.75, 3.05) is 5.75 Å². The predicted molar refractivity (Wildman–Crippen MR) is 86.8 cm³/mol. The number of thioether (sulfide) groups is 1. The molecule has 0 saturated carbocycles. The lowest BCUT2D eigenvalue weighted by atomic mass is 9.98. The SMILES string of the molecule is CCSc1ccc(C(C)NC(=O)C(N)C(C)CC)cc1. The van der Waals surface area contributed by atoms with E-state index in [1.165, 1.54) is 4.90 Å². The molecule has 4 heteroatoms. The molecule has 0 aliphatic carbocycles. The highest BCUT2D eigenvalue weighted by Crippen LogP contribution is 2.21. The number of nitrogens with two attached hydrogens (primary N) is 1. The van der Waals surface area contributed by atoms with Crippen LogP contribution in [0.2, 0.25) is 0 Å². The van der Waals surface area contributed by atoms with Crippen molar-refractivity contribution in [2.24, 2.45) is 11.7 Å². The van der Waals surface area contributed by atoms with Crippen LogP contribution >= 0.6 is 11.8 Å². The first-order chi connectivity index (χ1) is 9.49. The molecular formula is C16H26N2OS. The van der Waals surface area contributed by atoms with Crippen LogP contribution in [0.5, 0.6) is 0 Å². The minimum Gasteiger partial charge on any atom is -0.348 e. The van der Waals surface area contributed by atoms with Gasteiger partial charge in [0, 0.05) is 4.90 Å². The maximum absolute atomic E-state index is 12.1. The average molecular weight is 294 g/mol. The Kier molecular flexibility index (Phi) is 7.10. The van der Waals surface area contributed by atoms with E-state index in [0.717, 1.165) is 17.7 Å². The Labute approximate surface area is 126 Å². The van der Waals surface area contributed by atoms with E-state index in [1.807, 2.05) is 32.5 Å². The molecule has 0 heterocycles. The van der Waals surface area contributed by atoms with Crippen LogP contribution in [0.1, 0.15) is 45.7 Å². The number of benzene rings is 1. The highest BCUT2D eigenvalue weighted by Gasteiger charge is 2.21. The van der Waals surface area contributed by atoms with Gasteiger partial charge < -0.3 is 11.1 Å². The Morgan fingerprint density at radius 1 is 1.25 bits per heavy atom. The minimum atomic E-state index is -0.433. The van der Waals surface area contributed by atoms with Gasteiger partial charge in [0.2, 0.25) is 5.91 Å². The quantitative estimate of drug-likeness (QED) is 0.758. The van der Waals surface area contributed by atoms with Crippen molar-refractivity contribution in [2.45, 2.75) is 51.1 Å². The zero-order valence-electron chi connectivity index (χ0n) is 12.8. The molecule has 3 N–H and O–H groups in total. The van der Waals surface area contributed by atoms with E-state index < -0.39 is 6.04 Å². The topological polar surface area (TPSA) is 55.1 Å². The number of rotatable bonds is 7. The average Bonchev–Trinajstić information content (AvgIpc) is 2.46. The zero-order chi connectivity index (χ0) is 15.1. The molecule has 0 spiro atoms. The summed E-state index contributed by atoms with van der Waals surface area (Å²) in [7, 11) is 0. The molecule has 20 heavy (non-hydrogen) atoms. The standard InChI is InChI=1S/C16H26N2OS/c1-5-11(3)15(17)16(19)18-12(4)13-7-9-14(10-8-13)20-6-2/h7-12,15H,5-6,17H2,1-4H3,(H,18,19). The van der Waals surface area contributed by atoms with E-state index in [1.54, 1.807) is 0 Å². The largest absolute Gasteiger partial charge is 0.348 e. The highest BCUT2D eigenvalue weighted by molar-refractivity contribution is 7.99. The maximum atomic E-state index is 12.1. The summed E-state index contributed by atoms with van der Waals surface area (Å²) in [5.41, 5.74) is 7.05. The molecule has 0 fully saturated rings. The highest BCUT2D eigenvalue weighted by atomic mass is 32.2. The fraction of sp³-hybridized carbons (Fsp3) is 0.562. The Morgan fingerprint density at radius 3 is 2.35 bits per heavy atom. The number of nitrogens with one attached hydrogen (secondary N) is 1. The first-order valence-electron chi connectivity index (χ1n) is 7.28. The number of carbonyl (C=O) groups is 1. The first kappa shape index (κ1) is 17.1. The molecule has 0 aromatic heterocycles. The Bertz CT molecular complexity index is 419. The van der Waals surface area contributed by atoms with Gasteiger partial charge in [0.05, 0.1) is 12.1 Å². The molecule has 3 nitrogen and oxygen atoms in total. The lowest BCUT2D eigenvalue weighted by Gasteiger charge is -2.21. The molecular weight excluding hydrogens is 268 g/mol. The molecule has 3 unspecified atom stereocenters. The van der Waals surface area contributed by atoms with Crippen LogP contribution in [0, 0.1) is 5.92 Å². The third kappa shape index (κ3) is 4.84. The van der Waals surface area contributed by atoms with E-state index in [0.29, 0.717) is 0 Å². The van der Waals surface area contributed by atoms with Gasteiger partial charge >= 0.3 is 0 Å². The lowest BCUT2D eigenvalue weighted by molar-refractivity contribution is -0.124. The molecule has 1 aromatic carbocycles. The smallest absolute Gasteiger partial charge is 0.237 e. The van der Waals surface area contributed by atoms with Gasteiger partial charge in [0.15, 0.2) is 0 Å². The third-order valence-corrected chi connectivity index (χ3v) is 4.50. The van der Waals surface area contributed by atoms with Crippen LogP contribution < -0.4 is 11.1 Å². The fourth-order valence-electron chi connectivity index (χ4n) is 1.92. The van der Waals surface area contributed by atoms with Gasteiger partial charge in [-0.2, -0.15) is 0 Å². The van der Waals surface area contributed by atoms with Gasteiger partial charge in [-0.25, -0.2) is 0 Å². The van der Waals surface area contributed by atoms with Crippen LogP contribution in [-0.4, -0.2) is 17.7 Å². The predicted octanol–water partition coefficient (Wildman–Crippen LogP) is 3.35. The molecule has 1 amide bonds. The van der Waals surface area contributed by atoms with Crippen LogP contribution in [0.25, 0.3) is 0 Å². The van der Waals surface area contributed by atoms with Gasteiger partial charge in [0.1, 0.15) is 0 Å². The normalized spacial score (nSPS) is 15.4. The minimum absolute atomic E-state index is 0.0155. The fourth-order valence-corrected chi connectivity index (χ4v) is 2.59. The number of carbonyl (C=O) groups excluding carboxylic acids is 1. The maximum Gasteiger partial charge on any atom is 0.237 e. The summed E-state index contributed by atoms with van der Waals surface area (Å²) in [6, 6.07) is 7.88. The number of hydrogen-bond acceptors (Lipinski definition) is 3. The summed E-state index contributed by atoms with van der Waals surface area (Å²) >= 11 is 1.81. The number of hydrogen-bond donors (Lipinski definition) is 2. The lowest BCUT2D eigenvalue weighted by Crippen LogP contribution is -2.45. The van der Waals surface area contributed by atoms with Crippen molar-refractivity contribution in [3.8, 4) is 0 Å². The van der Waals surface area contributed by atoms with Crippen molar-refractivity contribution in [3.63, 3.8) is 0 Å². The Hall–Kier alpha value is -1.00. The van der Waals surface area contributed by atoms with E-state index in [4.69, 9.17) is 5.73 Å².